The molecule has 0 bridgehead atoms. The number of nitrogens with two attached hydrogens (primary N) is 1. The number of rotatable bonds is 8. The van der Waals surface area contributed by atoms with E-state index in [4.69, 9.17) is 15.2 Å². The summed E-state index contributed by atoms with van der Waals surface area (Å²) in [7, 11) is -4.29. The first-order chi connectivity index (χ1) is 18.9. The van der Waals surface area contributed by atoms with E-state index in [0.29, 0.717) is 5.56 Å². The Morgan fingerprint density at radius 2 is 1.56 bits per heavy atom. The van der Waals surface area contributed by atoms with Gasteiger partial charge in [-0.05, 0) is 83.5 Å². The van der Waals surface area contributed by atoms with Crippen molar-refractivity contribution >= 4 is 43.6 Å². The first-order valence-corrected chi connectivity index (χ1v) is 15.1. The highest BCUT2D eigenvalue weighted by atomic mass is 79.9. The summed E-state index contributed by atoms with van der Waals surface area (Å²) in [5.74, 6) is -0.734. The van der Waals surface area contributed by atoms with Crippen LogP contribution in [0.3, 0.4) is 0 Å². The number of hydrogen-bond acceptors (Lipinski definition) is 9. The molecule has 2 aromatic heterocycles. The first-order valence-electron chi connectivity index (χ1n) is 12.8. The quantitative estimate of drug-likeness (QED) is 0.329. The number of ether oxygens (including phenoxy) is 2. The zero-order valence-electron chi connectivity index (χ0n) is 23.9. The molecule has 0 spiro atoms. The molecule has 3 aromatic rings. The van der Waals surface area contributed by atoms with Gasteiger partial charge in [0.25, 0.3) is 0 Å². The lowest BCUT2D eigenvalue weighted by molar-refractivity contribution is -0.153. The molecule has 0 aliphatic carbocycles. The lowest BCUT2D eigenvalue weighted by Gasteiger charge is -2.31. The van der Waals surface area contributed by atoms with Gasteiger partial charge >= 0.3 is 12.1 Å². The average molecular weight is 648 g/mol. The van der Waals surface area contributed by atoms with Gasteiger partial charge in [-0.2, -0.15) is 0 Å². The van der Waals surface area contributed by atoms with E-state index in [0.717, 1.165) is 9.37 Å². The normalized spacial score (nSPS) is 13.7. The highest BCUT2D eigenvalue weighted by Crippen LogP contribution is 2.34. The summed E-state index contributed by atoms with van der Waals surface area (Å²) in [5, 5.41) is 0. The molecule has 0 saturated carbocycles. The van der Waals surface area contributed by atoms with Gasteiger partial charge < -0.3 is 15.2 Å². The van der Waals surface area contributed by atoms with Crippen LogP contribution in [0.4, 0.5) is 10.6 Å². The second kappa shape index (κ2) is 12.3. The van der Waals surface area contributed by atoms with E-state index in [1.54, 1.807) is 65.8 Å². The highest BCUT2D eigenvalue weighted by molar-refractivity contribution is 9.10. The van der Waals surface area contributed by atoms with Crippen LogP contribution in [0.5, 0.6) is 0 Å². The average Bonchev–Trinajstić information content (AvgIpc) is 2.87. The molecule has 1 aromatic carbocycles. The summed E-state index contributed by atoms with van der Waals surface area (Å²) >= 11 is 3.39. The molecule has 0 aliphatic rings. The van der Waals surface area contributed by atoms with Crippen LogP contribution >= 0.6 is 15.9 Å². The van der Waals surface area contributed by atoms with Crippen molar-refractivity contribution in [1.29, 1.82) is 0 Å². The van der Waals surface area contributed by atoms with E-state index >= 15 is 0 Å². The van der Waals surface area contributed by atoms with Gasteiger partial charge in [0.1, 0.15) is 23.6 Å². The molecule has 0 saturated heterocycles. The second-order valence-corrected chi connectivity index (χ2v) is 14.5. The van der Waals surface area contributed by atoms with Gasteiger partial charge in [-0.1, -0.05) is 34.1 Å². The molecule has 41 heavy (non-hydrogen) atoms. The summed E-state index contributed by atoms with van der Waals surface area (Å²) in [4.78, 5) is 33.4. The number of anilines is 1. The van der Waals surface area contributed by atoms with Crippen molar-refractivity contribution < 1.29 is 27.5 Å². The van der Waals surface area contributed by atoms with Crippen molar-refractivity contribution in [2.75, 3.05) is 11.4 Å². The number of esters is 1. The summed E-state index contributed by atoms with van der Waals surface area (Å²) in [6.07, 6.45) is 1.67. The smallest absolute Gasteiger partial charge is 0.416 e. The second-order valence-electron chi connectivity index (χ2n) is 11.4. The highest BCUT2D eigenvalue weighted by Gasteiger charge is 2.45. The Morgan fingerprint density at radius 1 is 0.927 bits per heavy atom. The van der Waals surface area contributed by atoms with E-state index in [9.17, 15) is 18.0 Å². The molecule has 10 nitrogen and oxygen atoms in total. The predicted octanol–water partition coefficient (Wildman–Crippen LogP) is 5.15. The van der Waals surface area contributed by atoms with Crippen LogP contribution in [0.25, 0.3) is 0 Å². The Labute approximate surface area is 249 Å². The third-order valence-corrected chi connectivity index (χ3v) is 8.27. The fourth-order valence-corrected chi connectivity index (χ4v) is 5.70. The Hall–Kier alpha value is -3.35. The predicted molar refractivity (Wildman–Crippen MR) is 159 cm³/mol. The molecule has 1 atom stereocenters. The number of aromatic nitrogens is 2. The molecule has 220 valence electrons. The van der Waals surface area contributed by atoms with Crippen molar-refractivity contribution in [3.63, 3.8) is 0 Å². The molecule has 0 radical (unpaired) electrons. The van der Waals surface area contributed by atoms with Crippen molar-refractivity contribution in [3.05, 3.63) is 82.7 Å². The van der Waals surface area contributed by atoms with Gasteiger partial charge in [0.2, 0.25) is 9.84 Å². The summed E-state index contributed by atoms with van der Waals surface area (Å²) in [6.45, 7) is 9.64. The SMILES string of the molecule is CC(C)(C)OC(=O)CN(C(=O)OC(C)(C)C)c1cccc(C(N)(Cc2ccc(Br)cc2)S(=O)(=O)c2cccnc2)n1. The van der Waals surface area contributed by atoms with Crippen molar-refractivity contribution in [2.24, 2.45) is 5.73 Å². The monoisotopic (exact) mass is 646 g/mol. The summed E-state index contributed by atoms with van der Waals surface area (Å²) in [5.41, 5.74) is 5.71. The number of benzene rings is 1. The minimum atomic E-state index is -4.29. The number of halogens is 1. The van der Waals surface area contributed by atoms with Gasteiger partial charge in [0.15, 0.2) is 4.87 Å². The maximum absolute atomic E-state index is 14.1. The van der Waals surface area contributed by atoms with E-state index in [1.807, 2.05) is 0 Å². The van der Waals surface area contributed by atoms with E-state index < -0.39 is 44.5 Å². The van der Waals surface area contributed by atoms with E-state index in [2.05, 4.69) is 25.9 Å². The Bertz CT molecular complexity index is 1490. The molecule has 0 aliphatic heterocycles. The van der Waals surface area contributed by atoms with Crippen LogP contribution in [0.1, 0.15) is 52.8 Å². The van der Waals surface area contributed by atoms with Crippen LogP contribution in [0, 0.1) is 0 Å². The van der Waals surface area contributed by atoms with Crippen LogP contribution in [0.2, 0.25) is 0 Å². The molecule has 2 N–H and O–H groups in total. The van der Waals surface area contributed by atoms with Gasteiger partial charge in [-0.25, -0.2) is 18.2 Å². The van der Waals surface area contributed by atoms with Gasteiger partial charge in [0.05, 0.1) is 10.6 Å². The van der Waals surface area contributed by atoms with Crippen LogP contribution in [-0.4, -0.2) is 48.2 Å². The number of carbonyl (C=O) groups is 2. The zero-order valence-corrected chi connectivity index (χ0v) is 26.3. The molecular formula is C29H35BrN4O6S. The standard InChI is InChI=1S/C29H35BrN4O6S/c1-27(2,3)39-25(35)19-34(26(36)40-28(4,5)6)24-11-7-10-23(33-24)29(31,17-20-12-14-21(30)15-13-20)41(37,38)22-9-8-16-32-18-22/h7-16,18H,17,19,31H2,1-6H3. The number of carbonyl (C=O) groups excluding carboxylic acids is 2. The molecule has 3 rings (SSSR count). The zero-order chi connectivity index (χ0) is 30.6. The lowest BCUT2D eigenvalue weighted by atomic mass is 10.0. The van der Waals surface area contributed by atoms with Gasteiger partial charge in [-0.3, -0.25) is 14.7 Å². The fourth-order valence-electron chi connectivity index (χ4n) is 3.81. The molecule has 2 heterocycles. The van der Waals surface area contributed by atoms with Crippen molar-refractivity contribution in [2.45, 2.75) is 68.9 Å². The number of pyridine rings is 2. The van der Waals surface area contributed by atoms with E-state index in [-0.39, 0.29) is 22.8 Å². The number of nitrogens with zero attached hydrogens (tertiary/aromatic N) is 3. The number of amides is 1. The van der Waals surface area contributed by atoms with E-state index in [1.165, 1.54) is 42.7 Å². The molecular weight excluding hydrogens is 612 g/mol. The van der Waals surface area contributed by atoms with Crippen LogP contribution in [-0.2, 0) is 35.4 Å². The Morgan fingerprint density at radius 3 is 2.12 bits per heavy atom. The summed E-state index contributed by atoms with van der Waals surface area (Å²) in [6, 6.07) is 14.4. The van der Waals surface area contributed by atoms with Crippen LogP contribution < -0.4 is 10.6 Å². The largest absolute Gasteiger partial charge is 0.459 e. The third kappa shape index (κ3) is 8.34. The Balaban J connectivity index is 2.16. The minimum absolute atomic E-state index is 0.0328. The topological polar surface area (TPSA) is 142 Å². The molecule has 1 amide bonds. The van der Waals surface area contributed by atoms with Gasteiger partial charge in [-0.15, -0.1) is 0 Å². The maximum Gasteiger partial charge on any atom is 0.416 e. The number of sulfone groups is 1. The lowest BCUT2D eigenvalue weighted by Crippen LogP contribution is -2.48. The van der Waals surface area contributed by atoms with Crippen molar-refractivity contribution in [3.8, 4) is 0 Å². The Kier molecular flexibility index (Phi) is 9.62. The number of hydrogen-bond donors (Lipinski definition) is 1. The first kappa shape index (κ1) is 32.2. The van der Waals surface area contributed by atoms with Crippen LogP contribution in [0.15, 0.2) is 76.4 Å². The molecule has 1 unspecified atom stereocenters. The molecule has 12 heteroatoms. The van der Waals surface area contributed by atoms with Gasteiger partial charge in [0, 0.05) is 23.3 Å². The molecule has 0 fully saturated rings. The minimum Gasteiger partial charge on any atom is -0.459 e. The van der Waals surface area contributed by atoms with Crippen molar-refractivity contribution in [1.82, 2.24) is 9.97 Å². The third-order valence-electron chi connectivity index (χ3n) is 5.57. The maximum atomic E-state index is 14.1. The summed E-state index contributed by atoms with van der Waals surface area (Å²) < 4.78 is 39.9. The fraction of sp³-hybridized carbons (Fsp3) is 0.379.